The molecule has 7 heteroatoms. The number of carboxylic acid groups (broad SMARTS) is 1. The molecule has 0 spiro atoms. The molecule has 1 aromatic carbocycles. The van der Waals surface area contributed by atoms with Gasteiger partial charge in [-0.25, -0.2) is 4.79 Å². The Balaban J connectivity index is 3.17. The van der Waals surface area contributed by atoms with Gasteiger partial charge in [-0.1, -0.05) is 6.08 Å². The molecule has 0 aromatic heterocycles. The minimum absolute atomic E-state index is 0.112. The fraction of sp³-hybridized carbons (Fsp3) is 0.0909. The molecule has 0 amide bonds. The van der Waals surface area contributed by atoms with Crippen molar-refractivity contribution in [2.75, 3.05) is 0 Å². The van der Waals surface area contributed by atoms with Crippen LogP contribution in [0.1, 0.15) is 15.9 Å². The highest BCUT2D eigenvalue weighted by molar-refractivity contribution is 5.89. The molecule has 96 valence electrons. The third kappa shape index (κ3) is 4.28. The molecule has 0 aliphatic heterocycles. The zero-order valence-corrected chi connectivity index (χ0v) is 8.77. The Morgan fingerprint density at radius 1 is 1.28 bits per heavy atom. The van der Waals surface area contributed by atoms with Crippen molar-refractivity contribution in [1.29, 1.82) is 0 Å². The number of aldehydes is 1. The summed E-state index contributed by atoms with van der Waals surface area (Å²) in [5.41, 5.74) is -0.261. The van der Waals surface area contributed by atoms with Gasteiger partial charge in [-0.3, -0.25) is 4.79 Å². The van der Waals surface area contributed by atoms with E-state index in [1.807, 2.05) is 0 Å². The van der Waals surface area contributed by atoms with Crippen LogP contribution in [0.15, 0.2) is 24.3 Å². The van der Waals surface area contributed by atoms with E-state index in [1.165, 1.54) is 6.08 Å². The lowest BCUT2D eigenvalue weighted by molar-refractivity contribution is -0.274. The summed E-state index contributed by atoms with van der Waals surface area (Å²) in [6, 6.07) is 2.83. The van der Waals surface area contributed by atoms with Gasteiger partial charge >= 0.3 is 12.3 Å². The second kappa shape index (κ2) is 5.35. The lowest BCUT2D eigenvalue weighted by atomic mass is 10.1. The van der Waals surface area contributed by atoms with Crippen LogP contribution in [0.3, 0.4) is 0 Å². The van der Waals surface area contributed by atoms with E-state index in [0.29, 0.717) is 6.29 Å². The average molecular weight is 260 g/mol. The molecule has 0 heterocycles. The van der Waals surface area contributed by atoms with E-state index in [2.05, 4.69) is 4.74 Å². The van der Waals surface area contributed by atoms with Gasteiger partial charge in [-0.2, -0.15) is 0 Å². The summed E-state index contributed by atoms with van der Waals surface area (Å²) < 4.78 is 39.7. The molecule has 0 bridgehead atoms. The van der Waals surface area contributed by atoms with Gasteiger partial charge in [0, 0.05) is 0 Å². The van der Waals surface area contributed by atoms with Gasteiger partial charge in [0.25, 0.3) is 0 Å². The molecule has 1 rings (SSSR count). The molecule has 1 aromatic rings. The molecule has 0 fully saturated rings. The van der Waals surface area contributed by atoms with Gasteiger partial charge in [0.05, 0.1) is 5.56 Å². The molecule has 0 saturated heterocycles. The van der Waals surface area contributed by atoms with Gasteiger partial charge in [0.15, 0.2) is 0 Å². The fourth-order valence-electron chi connectivity index (χ4n) is 1.18. The number of carbonyl (C=O) groups excluding carboxylic acids is 1. The number of ether oxygens (including phenoxy) is 1. The van der Waals surface area contributed by atoms with E-state index >= 15 is 0 Å². The minimum atomic E-state index is -4.91. The first kappa shape index (κ1) is 13.8. The van der Waals surface area contributed by atoms with Crippen LogP contribution < -0.4 is 4.74 Å². The van der Waals surface area contributed by atoms with Gasteiger partial charge in [0.2, 0.25) is 0 Å². The molecule has 0 atom stereocenters. The van der Waals surface area contributed by atoms with E-state index < -0.39 is 18.1 Å². The lowest BCUT2D eigenvalue weighted by Gasteiger charge is -2.10. The van der Waals surface area contributed by atoms with Crippen molar-refractivity contribution in [2.45, 2.75) is 6.36 Å². The highest BCUT2D eigenvalue weighted by atomic mass is 19.4. The number of aromatic carboxylic acids is 1. The second-order valence-corrected chi connectivity index (χ2v) is 3.14. The first-order valence-electron chi connectivity index (χ1n) is 4.58. The maximum Gasteiger partial charge on any atom is 0.573 e. The van der Waals surface area contributed by atoms with Crippen LogP contribution in [0.25, 0.3) is 6.08 Å². The summed E-state index contributed by atoms with van der Waals surface area (Å²) in [7, 11) is 0. The predicted molar refractivity (Wildman–Crippen MR) is 55.2 cm³/mol. The largest absolute Gasteiger partial charge is 0.573 e. The first-order chi connectivity index (χ1) is 8.31. The van der Waals surface area contributed by atoms with E-state index in [4.69, 9.17) is 5.11 Å². The Hall–Kier alpha value is -2.31. The fourth-order valence-corrected chi connectivity index (χ4v) is 1.18. The zero-order chi connectivity index (χ0) is 13.8. The van der Waals surface area contributed by atoms with E-state index in [0.717, 1.165) is 24.3 Å². The Kier molecular flexibility index (Phi) is 4.09. The van der Waals surface area contributed by atoms with Gasteiger partial charge < -0.3 is 9.84 Å². The number of hydrogen-bond donors (Lipinski definition) is 1. The van der Waals surface area contributed by atoms with Crippen LogP contribution in [-0.2, 0) is 4.79 Å². The zero-order valence-electron chi connectivity index (χ0n) is 8.77. The summed E-state index contributed by atoms with van der Waals surface area (Å²) in [4.78, 5) is 20.8. The molecule has 0 radical (unpaired) electrons. The van der Waals surface area contributed by atoms with Crippen molar-refractivity contribution >= 4 is 18.3 Å². The van der Waals surface area contributed by atoms with E-state index in [9.17, 15) is 22.8 Å². The summed E-state index contributed by atoms with van der Waals surface area (Å²) in [5.74, 6) is -2.06. The van der Waals surface area contributed by atoms with Gasteiger partial charge in [0.1, 0.15) is 12.0 Å². The number of carboxylic acids is 1. The molecule has 0 aliphatic rings. The van der Waals surface area contributed by atoms with Crippen LogP contribution in [0.4, 0.5) is 13.2 Å². The standard InChI is InChI=1S/C11H7F3O4/c12-11(13,14)18-9-5-7(2-1-3-15)4-8(6-9)10(16)17/h1-6H,(H,16,17). The van der Waals surface area contributed by atoms with Crippen LogP contribution >= 0.6 is 0 Å². The van der Waals surface area contributed by atoms with Crippen LogP contribution in [0.5, 0.6) is 5.75 Å². The normalized spacial score (nSPS) is 11.5. The first-order valence-corrected chi connectivity index (χ1v) is 4.58. The molecule has 4 nitrogen and oxygen atoms in total. The summed E-state index contributed by atoms with van der Waals surface area (Å²) in [6.07, 6.45) is -2.30. The number of allylic oxidation sites excluding steroid dienone is 1. The van der Waals surface area contributed by atoms with Crippen LogP contribution in [0.2, 0.25) is 0 Å². The Morgan fingerprint density at radius 2 is 1.94 bits per heavy atom. The van der Waals surface area contributed by atoms with Crippen molar-refractivity contribution in [1.82, 2.24) is 0 Å². The SMILES string of the molecule is O=CC=Cc1cc(OC(F)(F)F)cc(C(=O)O)c1. The molecular weight excluding hydrogens is 253 g/mol. The Morgan fingerprint density at radius 3 is 2.44 bits per heavy atom. The van der Waals surface area contributed by atoms with Crippen molar-refractivity contribution in [3.05, 3.63) is 35.4 Å². The topological polar surface area (TPSA) is 63.6 Å². The summed E-state index contributed by atoms with van der Waals surface area (Å²) in [6.45, 7) is 0. The van der Waals surface area contributed by atoms with Crippen molar-refractivity contribution in [3.8, 4) is 5.75 Å². The smallest absolute Gasteiger partial charge is 0.478 e. The molecule has 18 heavy (non-hydrogen) atoms. The number of hydrogen-bond acceptors (Lipinski definition) is 3. The summed E-state index contributed by atoms with van der Waals surface area (Å²) >= 11 is 0. The molecular formula is C11H7F3O4. The number of rotatable bonds is 4. The van der Waals surface area contributed by atoms with Crippen LogP contribution in [0, 0.1) is 0 Å². The lowest BCUT2D eigenvalue weighted by Crippen LogP contribution is -2.17. The van der Waals surface area contributed by atoms with E-state index in [-0.39, 0.29) is 11.1 Å². The van der Waals surface area contributed by atoms with Crippen LogP contribution in [-0.4, -0.2) is 23.7 Å². The van der Waals surface area contributed by atoms with Crippen molar-refractivity contribution in [2.24, 2.45) is 0 Å². The molecule has 0 saturated carbocycles. The third-order valence-electron chi connectivity index (χ3n) is 1.78. The molecule has 0 aliphatic carbocycles. The quantitative estimate of drug-likeness (QED) is 0.667. The number of halogens is 3. The molecule has 1 N–H and O–H groups in total. The Labute approximate surface area is 99.3 Å². The number of carbonyl (C=O) groups is 2. The predicted octanol–water partition coefficient (Wildman–Crippen LogP) is 2.50. The highest BCUT2D eigenvalue weighted by Gasteiger charge is 2.31. The number of alkyl halides is 3. The monoisotopic (exact) mass is 260 g/mol. The van der Waals surface area contributed by atoms with Crippen molar-refractivity contribution in [3.63, 3.8) is 0 Å². The highest BCUT2D eigenvalue weighted by Crippen LogP contribution is 2.25. The maximum absolute atomic E-state index is 12.0. The van der Waals surface area contributed by atoms with E-state index in [1.54, 1.807) is 0 Å². The molecule has 0 unspecified atom stereocenters. The van der Waals surface area contributed by atoms with Gasteiger partial charge in [-0.05, 0) is 29.8 Å². The number of benzene rings is 1. The second-order valence-electron chi connectivity index (χ2n) is 3.14. The minimum Gasteiger partial charge on any atom is -0.478 e. The Bertz CT molecular complexity index is 492. The average Bonchev–Trinajstić information content (AvgIpc) is 2.23. The van der Waals surface area contributed by atoms with Crippen molar-refractivity contribution < 1.29 is 32.6 Å². The summed E-state index contributed by atoms with van der Waals surface area (Å²) in [5, 5.41) is 8.73. The maximum atomic E-state index is 12.0. The third-order valence-corrected chi connectivity index (χ3v) is 1.78. The van der Waals surface area contributed by atoms with Gasteiger partial charge in [-0.15, -0.1) is 13.2 Å².